The molecule has 0 atom stereocenters. The van der Waals surface area contributed by atoms with E-state index in [1.54, 1.807) is 4.90 Å². The predicted molar refractivity (Wildman–Crippen MR) is 104 cm³/mol. The van der Waals surface area contributed by atoms with E-state index in [0.29, 0.717) is 32.5 Å². The van der Waals surface area contributed by atoms with E-state index in [4.69, 9.17) is 0 Å². The summed E-state index contributed by atoms with van der Waals surface area (Å²) in [7, 11) is 1.38. The van der Waals surface area contributed by atoms with Crippen molar-refractivity contribution in [3.63, 3.8) is 0 Å². The van der Waals surface area contributed by atoms with E-state index in [9.17, 15) is 19.2 Å². The highest BCUT2D eigenvalue weighted by Gasteiger charge is 2.27. The number of nitrogens with zero attached hydrogens (tertiary/aromatic N) is 3. The number of rotatable bonds is 5. The van der Waals surface area contributed by atoms with Crippen LogP contribution in [-0.4, -0.2) is 38.9 Å². The zero-order chi connectivity index (χ0) is 20.1. The number of amides is 2. The van der Waals surface area contributed by atoms with Gasteiger partial charge in [-0.15, -0.1) is 0 Å². The van der Waals surface area contributed by atoms with Gasteiger partial charge >= 0.3 is 5.69 Å². The van der Waals surface area contributed by atoms with Gasteiger partial charge in [-0.3, -0.25) is 23.5 Å². The molecule has 28 heavy (non-hydrogen) atoms. The molecule has 148 valence electrons. The van der Waals surface area contributed by atoms with Crippen LogP contribution in [0.15, 0.2) is 52.2 Å². The maximum Gasteiger partial charge on any atom is 0.331 e. The molecule has 1 saturated heterocycles. The number of piperidine rings is 1. The molecule has 0 unspecified atom stereocenters. The summed E-state index contributed by atoms with van der Waals surface area (Å²) in [4.78, 5) is 50.0. The van der Waals surface area contributed by atoms with Gasteiger partial charge in [-0.05, 0) is 18.4 Å². The Labute approximate surface area is 162 Å². The Bertz CT molecular complexity index is 956. The van der Waals surface area contributed by atoms with Crippen molar-refractivity contribution in [2.24, 2.45) is 13.0 Å². The van der Waals surface area contributed by atoms with Crippen molar-refractivity contribution in [2.75, 3.05) is 13.1 Å². The van der Waals surface area contributed by atoms with Gasteiger partial charge in [0.2, 0.25) is 11.8 Å². The molecule has 0 spiro atoms. The molecule has 1 aliphatic rings. The highest BCUT2D eigenvalue weighted by atomic mass is 16.2. The summed E-state index contributed by atoms with van der Waals surface area (Å²) in [5.74, 6) is -0.304. The summed E-state index contributed by atoms with van der Waals surface area (Å²) in [6, 6.07) is 11.0. The Balaban J connectivity index is 1.50. The Morgan fingerprint density at radius 2 is 1.75 bits per heavy atom. The normalized spacial score (nSPS) is 14.7. The Kier molecular flexibility index (Phi) is 6.08. The number of aromatic nitrogens is 2. The van der Waals surface area contributed by atoms with Gasteiger partial charge in [-0.1, -0.05) is 30.3 Å². The lowest BCUT2D eigenvalue weighted by Crippen LogP contribution is -2.46. The molecule has 2 heterocycles. The molecule has 8 nitrogen and oxygen atoms in total. The molecule has 2 aromatic rings. The summed E-state index contributed by atoms with van der Waals surface area (Å²) in [5, 5.41) is 2.95. The van der Waals surface area contributed by atoms with Crippen molar-refractivity contribution in [2.45, 2.75) is 25.9 Å². The highest BCUT2D eigenvalue weighted by molar-refractivity contribution is 5.80. The van der Waals surface area contributed by atoms with Crippen LogP contribution in [0.3, 0.4) is 0 Å². The molecule has 2 amide bonds. The largest absolute Gasteiger partial charge is 0.352 e. The first kappa shape index (κ1) is 19.6. The molecule has 1 aromatic heterocycles. The second kappa shape index (κ2) is 8.69. The minimum atomic E-state index is -0.518. The smallest absolute Gasteiger partial charge is 0.331 e. The number of benzene rings is 1. The lowest BCUT2D eigenvalue weighted by molar-refractivity contribution is -0.136. The lowest BCUT2D eigenvalue weighted by atomic mass is 9.95. The number of carbonyl (C=O) groups excluding carboxylic acids is 2. The fourth-order valence-corrected chi connectivity index (χ4v) is 3.30. The molecular weight excluding hydrogens is 360 g/mol. The molecule has 1 aromatic carbocycles. The van der Waals surface area contributed by atoms with Crippen molar-refractivity contribution >= 4 is 11.8 Å². The van der Waals surface area contributed by atoms with Crippen LogP contribution in [0.5, 0.6) is 0 Å². The second-order valence-corrected chi connectivity index (χ2v) is 6.98. The molecule has 1 aliphatic heterocycles. The van der Waals surface area contributed by atoms with Crippen molar-refractivity contribution < 1.29 is 9.59 Å². The molecule has 0 bridgehead atoms. The Morgan fingerprint density at radius 1 is 1.07 bits per heavy atom. The van der Waals surface area contributed by atoms with Crippen LogP contribution in [-0.2, 0) is 29.7 Å². The monoisotopic (exact) mass is 384 g/mol. The first-order valence-electron chi connectivity index (χ1n) is 9.31. The van der Waals surface area contributed by atoms with Crippen molar-refractivity contribution in [3.8, 4) is 0 Å². The molecule has 0 saturated carbocycles. The van der Waals surface area contributed by atoms with Gasteiger partial charge in [0.1, 0.15) is 6.54 Å². The van der Waals surface area contributed by atoms with Crippen LogP contribution in [0.1, 0.15) is 18.4 Å². The van der Waals surface area contributed by atoms with E-state index in [1.807, 2.05) is 30.3 Å². The number of likely N-dealkylation sites (tertiary alicyclic amines) is 1. The van der Waals surface area contributed by atoms with Crippen LogP contribution in [0, 0.1) is 5.92 Å². The average molecular weight is 384 g/mol. The van der Waals surface area contributed by atoms with E-state index in [1.165, 1.54) is 23.9 Å². The number of nitrogens with one attached hydrogen (secondary N) is 1. The van der Waals surface area contributed by atoms with E-state index in [-0.39, 0.29) is 24.3 Å². The van der Waals surface area contributed by atoms with Crippen molar-refractivity contribution in [1.82, 2.24) is 19.4 Å². The van der Waals surface area contributed by atoms with Crippen LogP contribution in [0.4, 0.5) is 0 Å². The number of hydrogen-bond donors (Lipinski definition) is 1. The van der Waals surface area contributed by atoms with E-state index in [0.717, 1.165) is 10.1 Å². The van der Waals surface area contributed by atoms with E-state index < -0.39 is 11.2 Å². The predicted octanol–water partition coefficient (Wildman–Crippen LogP) is 0.102. The van der Waals surface area contributed by atoms with Crippen LogP contribution in [0.2, 0.25) is 0 Å². The van der Waals surface area contributed by atoms with E-state index >= 15 is 0 Å². The Morgan fingerprint density at radius 3 is 2.43 bits per heavy atom. The SMILES string of the molecule is Cn1c(=O)ccn(CC(=O)N2CCC(C(=O)NCc3ccccc3)CC2)c1=O. The first-order chi connectivity index (χ1) is 13.5. The van der Waals surface area contributed by atoms with Gasteiger partial charge < -0.3 is 10.2 Å². The van der Waals surface area contributed by atoms with Gasteiger partial charge in [-0.25, -0.2) is 4.79 Å². The lowest BCUT2D eigenvalue weighted by Gasteiger charge is -2.31. The molecular formula is C20H24N4O4. The van der Waals surface area contributed by atoms with Crippen LogP contribution in [0.25, 0.3) is 0 Å². The molecule has 0 aliphatic carbocycles. The molecule has 3 rings (SSSR count). The maximum absolute atomic E-state index is 12.5. The zero-order valence-corrected chi connectivity index (χ0v) is 15.8. The summed E-state index contributed by atoms with van der Waals surface area (Å²) >= 11 is 0. The zero-order valence-electron chi connectivity index (χ0n) is 15.8. The summed E-state index contributed by atoms with van der Waals surface area (Å²) in [5.41, 5.74) is 0.123. The highest BCUT2D eigenvalue weighted by Crippen LogP contribution is 2.18. The van der Waals surface area contributed by atoms with Crippen LogP contribution < -0.4 is 16.6 Å². The second-order valence-electron chi connectivity index (χ2n) is 6.98. The number of carbonyl (C=O) groups is 2. The minimum Gasteiger partial charge on any atom is -0.352 e. The average Bonchev–Trinajstić information content (AvgIpc) is 2.73. The third kappa shape index (κ3) is 4.57. The molecule has 8 heteroatoms. The van der Waals surface area contributed by atoms with Gasteiger partial charge in [-0.2, -0.15) is 0 Å². The van der Waals surface area contributed by atoms with Gasteiger partial charge in [0.25, 0.3) is 5.56 Å². The summed E-state index contributed by atoms with van der Waals surface area (Å²) in [6.07, 6.45) is 2.52. The van der Waals surface area contributed by atoms with Gasteiger partial charge in [0, 0.05) is 44.9 Å². The third-order valence-electron chi connectivity index (χ3n) is 5.09. The fourth-order valence-electron chi connectivity index (χ4n) is 3.30. The molecule has 1 fully saturated rings. The van der Waals surface area contributed by atoms with E-state index in [2.05, 4.69) is 5.32 Å². The quantitative estimate of drug-likeness (QED) is 0.791. The first-order valence-corrected chi connectivity index (χ1v) is 9.31. The fraction of sp³-hybridized carbons (Fsp3) is 0.400. The molecule has 0 radical (unpaired) electrons. The minimum absolute atomic E-state index is 0.00484. The topological polar surface area (TPSA) is 93.4 Å². The van der Waals surface area contributed by atoms with Gasteiger partial charge in [0.05, 0.1) is 0 Å². The molecule has 1 N–H and O–H groups in total. The van der Waals surface area contributed by atoms with Crippen molar-refractivity contribution in [1.29, 1.82) is 0 Å². The van der Waals surface area contributed by atoms with Crippen molar-refractivity contribution in [3.05, 3.63) is 69.0 Å². The standard InChI is InChI=1S/C20H24N4O4/c1-22-17(25)9-12-24(20(22)28)14-18(26)23-10-7-16(8-11-23)19(27)21-13-15-5-3-2-4-6-15/h2-6,9,12,16H,7-8,10-11,13-14H2,1H3,(H,21,27). The van der Waals surface area contributed by atoms with Crippen LogP contribution >= 0.6 is 0 Å². The summed E-state index contributed by atoms with van der Waals surface area (Å²) < 4.78 is 2.19. The maximum atomic E-state index is 12.5. The van der Waals surface area contributed by atoms with Gasteiger partial charge in [0.15, 0.2) is 0 Å². The third-order valence-corrected chi connectivity index (χ3v) is 5.09. The number of hydrogen-bond acceptors (Lipinski definition) is 4. The Hall–Kier alpha value is -3.16. The summed E-state index contributed by atoms with van der Waals surface area (Å²) in [6.45, 7) is 1.33.